The Balaban J connectivity index is 2.61. The Morgan fingerprint density at radius 1 is 1.36 bits per heavy atom. The van der Waals surface area contributed by atoms with Crippen molar-refractivity contribution in [2.75, 3.05) is 0 Å². The summed E-state index contributed by atoms with van der Waals surface area (Å²) in [6.45, 7) is 7.31. The Labute approximate surface area is 154 Å². The van der Waals surface area contributed by atoms with Crippen LogP contribution in [0, 0.1) is 5.92 Å². The van der Waals surface area contributed by atoms with Crippen LogP contribution >= 0.6 is 11.6 Å². The van der Waals surface area contributed by atoms with E-state index in [4.69, 9.17) is 22.1 Å². The molecule has 0 saturated heterocycles. The molecule has 0 aliphatic carbocycles. The zero-order chi connectivity index (χ0) is 18.8. The number of aliphatic hydroxyl groups is 1. The van der Waals surface area contributed by atoms with Crippen molar-refractivity contribution in [1.82, 2.24) is 0 Å². The van der Waals surface area contributed by atoms with Crippen LogP contribution in [-0.2, 0) is 15.1 Å². The number of nitrogens with zero attached hydrogens (tertiary/aromatic N) is 1. The van der Waals surface area contributed by atoms with Gasteiger partial charge in [0.15, 0.2) is 11.6 Å². The third kappa shape index (κ3) is 3.59. The topological polar surface area (TPSA) is 84.9 Å². The van der Waals surface area contributed by atoms with Crippen LogP contribution in [0.4, 0.5) is 0 Å². The van der Waals surface area contributed by atoms with E-state index in [-0.39, 0.29) is 11.7 Å². The minimum Gasteiger partial charge on any atom is -0.468 e. The van der Waals surface area contributed by atoms with Gasteiger partial charge >= 0.3 is 0 Å². The lowest BCUT2D eigenvalue weighted by atomic mass is 9.79. The maximum Gasteiger partial charge on any atom is 0.205 e. The van der Waals surface area contributed by atoms with Crippen molar-refractivity contribution in [3.63, 3.8) is 0 Å². The molecular weight excluding hydrogens is 340 g/mol. The Morgan fingerprint density at radius 2 is 2.00 bits per heavy atom. The van der Waals surface area contributed by atoms with Crippen LogP contribution in [0.3, 0.4) is 0 Å². The second-order valence-corrected chi connectivity index (χ2v) is 7.06. The Bertz CT molecular complexity index is 662. The molecule has 1 aromatic rings. The average Bonchev–Trinajstić information content (AvgIpc) is 2.61. The molecule has 5 unspecified atom stereocenters. The monoisotopic (exact) mass is 366 g/mol. The van der Waals surface area contributed by atoms with Gasteiger partial charge in [0.1, 0.15) is 0 Å². The number of Topliss-reactive ketones (excluding diaryl/α,β-unsaturated/α-hetero) is 1. The van der Waals surface area contributed by atoms with Crippen molar-refractivity contribution in [1.29, 1.82) is 0 Å². The number of carbonyl (C=O) groups excluding carboxylic acids is 1. The summed E-state index contributed by atoms with van der Waals surface area (Å²) in [5.41, 5.74) is 5.85. The largest absolute Gasteiger partial charge is 0.468 e. The Kier molecular flexibility index (Phi) is 6.25. The molecule has 1 heterocycles. The third-order valence-corrected chi connectivity index (χ3v) is 5.41. The minimum absolute atomic E-state index is 0.105. The number of ketones is 1. The van der Waals surface area contributed by atoms with Crippen molar-refractivity contribution in [2.24, 2.45) is 16.6 Å². The first-order valence-electron chi connectivity index (χ1n) is 8.77. The predicted octanol–water partition coefficient (Wildman–Crippen LogP) is 3.07. The molecule has 6 heteroatoms. The quantitative estimate of drug-likeness (QED) is 0.810. The highest BCUT2D eigenvalue weighted by atomic mass is 35.5. The standard InChI is InChI=1S/C19H27ClN2O3/c1-5-15-17(24)19(6-2,13-9-7-8-10-14(13)20)22-18(25-15)16(21)11(3)12(4)23/h7-12,15-16,23H,5-6,21H2,1-4H3. The molecule has 5 atom stereocenters. The van der Waals surface area contributed by atoms with Gasteiger partial charge in [-0.25, -0.2) is 4.99 Å². The van der Waals surface area contributed by atoms with Gasteiger partial charge in [-0.15, -0.1) is 0 Å². The molecule has 0 bridgehead atoms. The van der Waals surface area contributed by atoms with E-state index in [1.54, 1.807) is 13.0 Å². The molecule has 0 saturated carbocycles. The molecule has 25 heavy (non-hydrogen) atoms. The van der Waals surface area contributed by atoms with Gasteiger partial charge in [0, 0.05) is 16.5 Å². The van der Waals surface area contributed by atoms with Gasteiger partial charge in [-0.1, -0.05) is 50.6 Å². The smallest absolute Gasteiger partial charge is 0.205 e. The first kappa shape index (κ1) is 19.9. The van der Waals surface area contributed by atoms with Crippen molar-refractivity contribution in [3.8, 4) is 0 Å². The lowest BCUT2D eigenvalue weighted by Gasteiger charge is -2.39. The summed E-state index contributed by atoms with van der Waals surface area (Å²) in [5.74, 6) is -0.0573. The number of carbonyl (C=O) groups is 1. The highest BCUT2D eigenvalue weighted by molar-refractivity contribution is 6.32. The van der Waals surface area contributed by atoms with Crippen LogP contribution in [0.25, 0.3) is 0 Å². The number of halogens is 1. The normalized spacial score (nSPS) is 27.2. The predicted molar refractivity (Wildman–Crippen MR) is 99.8 cm³/mol. The van der Waals surface area contributed by atoms with E-state index in [9.17, 15) is 9.90 Å². The molecule has 5 nitrogen and oxygen atoms in total. The maximum atomic E-state index is 13.2. The first-order chi connectivity index (χ1) is 11.8. The van der Waals surface area contributed by atoms with E-state index < -0.39 is 23.8 Å². The molecule has 0 aromatic heterocycles. The van der Waals surface area contributed by atoms with Crippen molar-refractivity contribution < 1.29 is 14.6 Å². The van der Waals surface area contributed by atoms with Crippen molar-refractivity contribution >= 4 is 23.3 Å². The SMILES string of the molecule is CCC1OC(C(N)C(C)C(C)O)=NC(CC)(c2ccccc2Cl)C1=O. The summed E-state index contributed by atoms with van der Waals surface area (Å²) in [5, 5.41) is 10.4. The molecule has 0 radical (unpaired) electrons. The van der Waals surface area contributed by atoms with E-state index in [1.165, 1.54) is 0 Å². The molecule has 1 aliphatic heterocycles. The molecule has 138 valence electrons. The van der Waals surface area contributed by atoms with Gasteiger partial charge in [0.25, 0.3) is 0 Å². The molecule has 3 N–H and O–H groups in total. The second kappa shape index (κ2) is 7.85. The number of aliphatic imine (C=N–C) groups is 1. The van der Waals surface area contributed by atoms with E-state index >= 15 is 0 Å². The van der Waals surface area contributed by atoms with Crippen LogP contribution in [-0.4, -0.2) is 35.0 Å². The van der Waals surface area contributed by atoms with Gasteiger partial charge < -0.3 is 15.6 Å². The number of nitrogens with two attached hydrogens (primary N) is 1. The summed E-state index contributed by atoms with van der Waals surface area (Å²) in [7, 11) is 0. The van der Waals surface area contributed by atoms with Crippen LogP contribution in [0.1, 0.15) is 46.1 Å². The second-order valence-electron chi connectivity index (χ2n) is 6.65. The third-order valence-electron chi connectivity index (χ3n) is 5.08. The number of aliphatic hydroxyl groups excluding tert-OH is 1. The summed E-state index contributed by atoms with van der Waals surface area (Å²) in [6.07, 6.45) is -0.277. The Hall–Kier alpha value is -1.43. The molecule has 1 aliphatic rings. The number of ether oxygens (including phenoxy) is 1. The molecular formula is C19H27ClN2O3. The summed E-state index contributed by atoms with van der Waals surface area (Å²) < 4.78 is 5.82. The highest BCUT2D eigenvalue weighted by Crippen LogP contribution is 2.40. The fourth-order valence-corrected chi connectivity index (χ4v) is 3.41. The Morgan fingerprint density at radius 3 is 2.52 bits per heavy atom. The van der Waals surface area contributed by atoms with Crippen LogP contribution in [0.5, 0.6) is 0 Å². The van der Waals surface area contributed by atoms with Gasteiger partial charge in [-0.2, -0.15) is 0 Å². The van der Waals surface area contributed by atoms with Crippen LogP contribution < -0.4 is 5.73 Å². The van der Waals surface area contributed by atoms with E-state index in [1.807, 2.05) is 39.0 Å². The fraction of sp³-hybridized carbons (Fsp3) is 0.579. The number of hydrogen-bond acceptors (Lipinski definition) is 5. The van der Waals surface area contributed by atoms with Gasteiger partial charge in [0.2, 0.25) is 11.7 Å². The molecule has 1 aromatic carbocycles. The first-order valence-corrected chi connectivity index (χ1v) is 9.15. The molecule has 2 rings (SSSR count). The number of hydrogen-bond donors (Lipinski definition) is 2. The average molecular weight is 367 g/mol. The molecule has 0 amide bonds. The number of benzene rings is 1. The summed E-state index contributed by atoms with van der Waals surface area (Å²) in [4.78, 5) is 17.8. The fourth-order valence-electron chi connectivity index (χ4n) is 3.12. The zero-order valence-corrected chi connectivity index (χ0v) is 16.0. The van der Waals surface area contributed by atoms with Crippen LogP contribution in [0.2, 0.25) is 5.02 Å². The van der Waals surface area contributed by atoms with Crippen LogP contribution in [0.15, 0.2) is 29.3 Å². The lowest BCUT2D eigenvalue weighted by Crippen LogP contribution is -2.53. The lowest BCUT2D eigenvalue weighted by molar-refractivity contribution is -0.134. The van der Waals surface area contributed by atoms with Gasteiger partial charge in [-0.3, -0.25) is 4.79 Å². The highest BCUT2D eigenvalue weighted by Gasteiger charge is 2.48. The van der Waals surface area contributed by atoms with E-state index in [0.29, 0.717) is 29.3 Å². The molecule has 0 fully saturated rings. The maximum absolute atomic E-state index is 13.2. The van der Waals surface area contributed by atoms with Gasteiger partial charge in [0.05, 0.1) is 12.1 Å². The van der Waals surface area contributed by atoms with Crippen molar-refractivity contribution in [2.45, 2.75) is 64.3 Å². The van der Waals surface area contributed by atoms with E-state index in [2.05, 4.69) is 4.99 Å². The zero-order valence-electron chi connectivity index (χ0n) is 15.2. The number of rotatable bonds is 6. The van der Waals surface area contributed by atoms with Crippen molar-refractivity contribution in [3.05, 3.63) is 34.9 Å². The van der Waals surface area contributed by atoms with Gasteiger partial charge in [-0.05, 0) is 25.8 Å². The minimum atomic E-state index is -1.11. The summed E-state index contributed by atoms with van der Waals surface area (Å²) >= 11 is 6.39. The molecule has 0 spiro atoms. The summed E-state index contributed by atoms with van der Waals surface area (Å²) in [6, 6.07) is 6.64. The van der Waals surface area contributed by atoms with E-state index in [0.717, 1.165) is 0 Å².